The van der Waals surface area contributed by atoms with Crippen LogP contribution in [0.1, 0.15) is 75.1 Å². The minimum Gasteiger partial charge on any atom is -0.0651 e. The van der Waals surface area contributed by atoms with Crippen LogP contribution < -0.4 is 0 Å². The van der Waals surface area contributed by atoms with E-state index in [2.05, 4.69) is 83.1 Å². The molecule has 0 heteroatoms. The highest BCUT2D eigenvalue weighted by Gasteiger charge is 2.54. The van der Waals surface area contributed by atoms with Gasteiger partial charge in [-0.15, -0.1) is 0 Å². The van der Waals surface area contributed by atoms with Gasteiger partial charge in [0, 0.05) is 0 Å². The van der Waals surface area contributed by atoms with Crippen LogP contribution in [0.3, 0.4) is 0 Å². The van der Waals surface area contributed by atoms with Gasteiger partial charge in [-0.1, -0.05) is 89.6 Å². The van der Waals surface area contributed by atoms with Gasteiger partial charge in [0.05, 0.1) is 0 Å². The summed E-state index contributed by atoms with van der Waals surface area (Å²) in [5.74, 6) is 2.01. The van der Waals surface area contributed by atoms with E-state index in [-0.39, 0.29) is 0 Å². The Morgan fingerprint density at radius 1 is 0.800 bits per heavy atom. The monoisotopic (exact) mass is 332 g/mol. The fourth-order valence-corrected chi connectivity index (χ4v) is 6.61. The van der Waals surface area contributed by atoms with Gasteiger partial charge >= 0.3 is 0 Å². The predicted molar refractivity (Wildman–Crippen MR) is 107 cm³/mol. The standard InChI is InChI=1S/C25H32/c1-6-23(24(4)15-19-11-7-9-13-21(19)17(24)2)25(5)16-20-12-8-10-14-22(20)18(25)3/h7-14,17-18,23H,6,15-16H2,1-5H3. The van der Waals surface area contributed by atoms with Crippen LogP contribution in [0, 0.1) is 16.7 Å². The van der Waals surface area contributed by atoms with Crippen LogP contribution in [0.4, 0.5) is 0 Å². The van der Waals surface area contributed by atoms with Crippen molar-refractivity contribution in [3.05, 3.63) is 70.8 Å². The van der Waals surface area contributed by atoms with E-state index in [9.17, 15) is 0 Å². The molecule has 4 unspecified atom stereocenters. The maximum absolute atomic E-state index is 2.58. The van der Waals surface area contributed by atoms with Crippen LogP contribution in [-0.4, -0.2) is 0 Å². The zero-order chi connectivity index (χ0) is 17.8. The van der Waals surface area contributed by atoms with Crippen LogP contribution in [0.2, 0.25) is 0 Å². The molecular formula is C25H32. The Bertz CT molecular complexity index is 723. The van der Waals surface area contributed by atoms with E-state index in [0.29, 0.717) is 22.7 Å². The van der Waals surface area contributed by atoms with Gasteiger partial charge in [-0.05, 0) is 63.7 Å². The normalized spacial score (nSPS) is 34.6. The number of rotatable bonds is 3. The van der Waals surface area contributed by atoms with Crippen molar-refractivity contribution in [1.29, 1.82) is 0 Å². The summed E-state index contributed by atoms with van der Waals surface area (Å²) in [7, 11) is 0. The van der Waals surface area contributed by atoms with Crippen LogP contribution in [0.5, 0.6) is 0 Å². The maximum atomic E-state index is 2.58. The molecular weight excluding hydrogens is 300 g/mol. The molecule has 2 aromatic rings. The van der Waals surface area contributed by atoms with Crippen molar-refractivity contribution in [3.8, 4) is 0 Å². The lowest BCUT2D eigenvalue weighted by molar-refractivity contribution is 0.0228. The third-order valence-electron chi connectivity index (χ3n) is 8.16. The first-order valence-corrected chi connectivity index (χ1v) is 10.1. The Kier molecular flexibility index (Phi) is 3.87. The Morgan fingerprint density at radius 2 is 1.20 bits per heavy atom. The molecule has 0 nitrogen and oxygen atoms in total. The summed E-state index contributed by atoms with van der Waals surface area (Å²) in [5.41, 5.74) is 7.06. The van der Waals surface area contributed by atoms with Crippen molar-refractivity contribution < 1.29 is 0 Å². The average molecular weight is 333 g/mol. The first-order chi connectivity index (χ1) is 11.9. The lowest BCUT2D eigenvalue weighted by Crippen LogP contribution is -2.43. The fourth-order valence-electron chi connectivity index (χ4n) is 6.61. The summed E-state index contributed by atoms with van der Waals surface area (Å²) in [6, 6.07) is 18.3. The first kappa shape index (κ1) is 16.9. The number of benzene rings is 2. The summed E-state index contributed by atoms with van der Waals surface area (Å²) in [4.78, 5) is 0. The first-order valence-electron chi connectivity index (χ1n) is 10.1. The van der Waals surface area contributed by atoms with Crippen molar-refractivity contribution in [2.45, 2.75) is 65.7 Å². The van der Waals surface area contributed by atoms with Gasteiger partial charge in [-0.2, -0.15) is 0 Å². The molecule has 0 aromatic heterocycles. The molecule has 0 N–H and O–H groups in total. The Hall–Kier alpha value is -1.56. The summed E-state index contributed by atoms with van der Waals surface area (Å²) in [5, 5.41) is 0. The van der Waals surface area contributed by atoms with Crippen molar-refractivity contribution in [1.82, 2.24) is 0 Å². The van der Waals surface area contributed by atoms with E-state index in [1.807, 2.05) is 0 Å². The van der Waals surface area contributed by atoms with Crippen LogP contribution >= 0.6 is 0 Å². The van der Waals surface area contributed by atoms with E-state index in [4.69, 9.17) is 0 Å². The van der Waals surface area contributed by atoms with Crippen molar-refractivity contribution in [2.24, 2.45) is 16.7 Å². The second kappa shape index (κ2) is 5.73. The van der Waals surface area contributed by atoms with Gasteiger partial charge in [-0.25, -0.2) is 0 Å². The highest BCUT2D eigenvalue weighted by molar-refractivity contribution is 5.42. The third-order valence-corrected chi connectivity index (χ3v) is 8.16. The molecule has 4 rings (SSSR count). The molecule has 132 valence electrons. The molecule has 2 aromatic carbocycles. The zero-order valence-corrected chi connectivity index (χ0v) is 16.5. The molecule has 0 aliphatic heterocycles. The van der Waals surface area contributed by atoms with Crippen molar-refractivity contribution in [3.63, 3.8) is 0 Å². The minimum absolute atomic E-state index is 0.351. The quantitative estimate of drug-likeness (QED) is 0.583. The molecule has 0 heterocycles. The van der Waals surface area contributed by atoms with E-state index in [0.717, 1.165) is 5.92 Å². The Balaban J connectivity index is 1.75. The highest BCUT2D eigenvalue weighted by Crippen LogP contribution is 2.62. The zero-order valence-electron chi connectivity index (χ0n) is 16.5. The smallest absolute Gasteiger partial charge is 0.0128 e. The van der Waals surface area contributed by atoms with Crippen LogP contribution in [0.25, 0.3) is 0 Å². The molecule has 2 aliphatic rings. The summed E-state index contributed by atoms with van der Waals surface area (Å²) < 4.78 is 0. The van der Waals surface area contributed by atoms with Gasteiger partial charge in [0.1, 0.15) is 0 Å². The Labute approximate surface area is 153 Å². The summed E-state index contributed by atoms with van der Waals surface area (Å²) in [6.07, 6.45) is 3.74. The van der Waals surface area contributed by atoms with Crippen molar-refractivity contribution >= 4 is 0 Å². The molecule has 2 aliphatic carbocycles. The molecule has 0 bridgehead atoms. The van der Waals surface area contributed by atoms with E-state index >= 15 is 0 Å². The van der Waals surface area contributed by atoms with Crippen LogP contribution in [0.15, 0.2) is 48.5 Å². The number of hydrogen-bond acceptors (Lipinski definition) is 0. The van der Waals surface area contributed by atoms with Crippen LogP contribution in [-0.2, 0) is 12.8 Å². The van der Waals surface area contributed by atoms with Gasteiger partial charge in [0.25, 0.3) is 0 Å². The van der Waals surface area contributed by atoms with E-state index < -0.39 is 0 Å². The maximum Gasteiger partial charge on any atom is -0.0128 e. The molecule has 0 amide bonds. The van der Waals surface area contributed by atoms with Gasteiger partial charge in [0.2, 0.25) is 0 Å². The van der Waals surface area contributed by atoms with Gasteiger partial charge in [0.15, 0.2) is 0 Å². The minimum atomic E-state index is 0.351. The molecule has 4 atom stereocenters. The summed E-state index contributed by atoms with van der Waals surface area (Å²) in [6.45, 7) is 12.5. The average Bonchev–Trinajstić information content (AvgIpc) is 3.01. The fraction of sp³-hybridized carbons (Fsp3) is 0.520. The Morgan fingerprint density at radius 3 is 1.56 bits per heavy atom. The molecule has 0 radical (unpaired) electrons. The van der Waals surface area contributed by atoms with Gasteiger partial charge in [-0.3, -0.25) is 0 Å². The molecule has 25 heavy (non-hydrogen) atoms. The molecule has 0 saturated heterocycles. The predicted octanol–water partition coefficient (Wildman–Crippen LogP) is 6.74. The second-order valence-electron chi connectivity index (χ2n) is 9.17. The number of hydrogen-bond donors (Lipinski definition) is 0. The topological polar surface area (TPSA) is 0 Å². The molecule has 0 spiro atoms. The molecule has 0 fully saturated rings. The highest BCUT2D eigenvalue weighted by atomic mass is 14.6. The second-order valence-corrected chi connectivity index (χ2v) is 9.17. The molecule has 0 saturated carbocycles. The van der Waals surface area contributed by atoms with Crippen molar-refractivity contribution in [2.75, 3.05) is 0 Å². The van der Waals surface area contributed by atoms with E-state index in [1.54, 1.807) is 22.3 Å². The van der Waals surface area contributed by atoms with Gasteiger partial charge < -0.3 is 0 Å². The summed E-state index contributed by atoms with van der Waals surface area (Å²) >= 11 is 0. The van der Waals surface area contributed by atoms with E-state index in [1.165, 1.54) is 19.3 Å². The largest absolute Gasteiger partial charge is 0.0651 e. The third kappa shape index (κ3) is 2.26. The SMILES string of the molecule is CCC(C1(C)Cc2ccccc2C1C)C1(C)Cc2ccccc2C1C. The number of fused-ring (bicyclic) bond motifs is 2. The lowest BCUT2D eigenvalue weighted by Gasteiger charge is -2.49. The lowest BCUT2D eigenvalue weighted by atomic mass is 9.55.